The lowest BCUT2D eigenvalue weighted by atomic mass is 10.1. The monoisotopic (exact) mass is 248 g/mol. The van der Waals surface area contributed by atoms with Crippen molar-refractivity contribution in [2.45, 2.75) is 27.3 Å². The van der Waals surface area contributed by atoms with Crippen molar-refractivity contribution < 1.29 is 9.59 Å². The van der Waals surface area contributed by atoms with Crippen LogP contribution in [0.2, 0.25) is 0 Å². The first-order valence-electron chi connectivity index (χ1n) is 6.09. The third kappa shape index (κ3) is 4.57. The van der Waals surface area contributed by atoms with Gasteiger partial charge < -0.3 is 10.6 Å². The molecule has 1 aromatic rings. The molecule has 0 aliphatic carbocycles. The minimum Gasteiger partial charge on any atom is -0.350 e. The highest BCUT2D eigenvalue weighted by Gasteiger charge is 2.08. The summed E-state index contributed by atoms with van der Waals surface area (Å²) in [5.74, 6) is -0.387. The molecule has 0 aliphatic heterocycles. The summed E-state index contributed by atoms with van der Waals surface area (Å²) in [7, 11) is 0. The van der Waals surface area contributed by atoms with Crippen molar-refractivity contribution in [3.05, 3.63) is 35.4 Å². The molecule has 18 heavy (non-hydrogen) atoms. The van der Waals surface area contributed by atoms with E-state index in [-0.39, 0.29) is 24.3 Å². The molecule has 2 N–H and O–H groups in total. The van der Waals surface area contributed by atoms with Crippen LogP contribution in [0.3, 0.4) is 0 Å². The number of hydrogen-bond donors (Lipinski definition) is 2. The highest BCUT2D eigenvalue weighted by molar-refractivity contribution is 5.85. The molecule has 0 atom stereocenters. The lowest BCUT2D eigenvalue weighted by Crippen LogP contribution is -2.38. The van der Waals surface area contributed by atoms with Gasteiger partial charge in [0.1, 0.15) is 0 Å². The molecule has 0 aromatic heterocycles. The zero-order valence-electron chi connectivity index (χ0n) is 11.1. The molecular weight excluding hydrogens is 228 g/mol. The second kappa shape index (κ2) is 6.79. The number of carbonyl (C=O) groups is 2. The Kier molecular flexibility index (Phi) is 5.36. The Morgan fingerprint density at radius 2 is 1.83 bits per heavy atom. The van der Waals surface area contributed by atoms with Crippen LogP contribution in [0.15, 0.2) is 24.3 Å². The predicted molar refractivity (Wildman–Crippen MR) is 70.9 cm³/mol. The van der Waals surface area contributed by atoms with Gasteiger partial charge in [0.2, 0.25) is 11.8 Å². The number of carbonyl (C=O) groups excluding carboxylic acids is 2. The third-order valence-corrected chi connectivity index (χ3v) is 2.68. The Bertz CT molecular complexity index is 428. The van der Waals surface area contributed by atoms with Crippen LogP contribution in [0, 0.1) is 12.8 Å². The van der Waals surface area contributed by atoms with Gasteiger partial charge in [-0.15, -0.1) is 0 Å². The van der Waals surface area contributed by atoms with Crippen molar-refractivity contribution in [3.8, 4) is 0 Å². The third-order valence-electron chi connectivity index (χ3n) is 2.68. The molecule has 0 unspecified atom stereocenters. The van der Waals surface area contributed by atoms with E-state index >= 15 is 0 Å². The van der Waals surface area contributed by atoms with Crippen LogP contribution in [-0.4, -0.2) is 18.4 Å². The molecule has 2 amide bonds. The van der Waals surface area contributed by atoms with E-state index in [1.807, 2.05) is 31.2 Å². The van der Waals surface area contributed by atoms with Gasteiger partial charge in [-0.3, -0.25) is 9.59 Å². The van der Waals surface area contributed by atoms with Gasteiger partial charge >= 0.3 is 0 Å². The SMILES string of the molecule is Cc1ccccc1CNC(=O)CNC(=O)C(C)C. The molecule has 0 saturated heterocycles. The molecule has 1 rings (SSSR count). The second-order valence-electron chi connectivity index (χ2n) is 4.58. The minimum atomic E-state index is -0.174. The number of nitrogens with one attached hydrogen (secondary N) is 2. The maximum atomic E-state index is 11.5. The van der Waals surface area contributed by atoms with E-state index in [9.17, 15) is 9.59 Å². The number of aryl methyl sites for hydroxylation is 1. The Morgan fingerprint density at radius 1 is 1.17 bits per heavy atom. The molecule has 0 saturated carbocycles. The van der Waals surface area contributed by atoms with Gasteiger partial charge in [0.05, 0.1) is 6.54 Å². The van der Waals surface area contributed by atoms with Gasteiger partial charge in [0, 0.05) is 12.5 Å². The summed E-state index contributed by atoms with van der Waals surface area (Å²) in [5.41, 5.74) is 2.23. The number of benzene rings is 1. The van der Waals surface area contributed by atoms with E-state index < -0.39 is 0 Å². The largest absolute Gasteiger partial charge is 0.350 e. The first-order chi connectivity index (χ1) is 8.50. The highest BCUT2D eigenvalue weighted by atomic mass is 16.2. The van der Waals surface area contributed by atoms with Crippen molar-refractivity contribution in [1.29, 1.82) is 0 Å². The summed E-state index contributed by atoms with van der Waals surface area (Å²) in [4.78, 5) is 22.8. The molecule has 1 aromatic carbocycles. The van der Waals surface area contributed by atoms with Crippen LogP contribution in [0.5, 0.6) is 0 Å². The van der Waals surface area contributed by atoms with Gasteiger partial charge in [-0.2, -0.15) is 0 Å². The molecule has 0 spiro atoms. The summed E-state index contributed by atoms with van der Waals surface area (Å²) in [6.07, 6.45) is 0. The zero-order valence-corrected chi connectivity index (χ0v) is 11.1. The van der Waals surface area contributed by atoms with Crippen LogP contribution in [0.1, 0.15) is 25.0 Å². The van der Waals surface area contributed by atoms with Crippen molar-refractivity contribution in [1.82, 2.24) is 10.6 Å². The molecular formula is C14H20N2O2. The molecule has 4 nitrogen and oxygen atoms in total. The summed E-state index contributed by atoms with van der Waals surface area (Å²) in [6.45, 7) is 6.11. The Balaban J connectivity index is 2.34. The van der Waals surface area contributed by atoms with Gasteiger partial charge in [-0.05, 0) is 18.1 Å². The molecule has 4 heteroatoms. The van der Waals surface area contributed by atoms with Crippen LogP contribution in [-0.2, 0) is 16.1 Å². The van der Waals surface area contributed by atoms with Crippen molar-refractivity contribution in [2.75, 3.05) is 6.54 Å². The number of hydrogen-bond acceptors (Lipinski definition) is 2. The standard InChI is InChI=1S/C14H20N2O2/c1-10(2)14(18)16-9-13(17)15-8-12-7-5-4-6-11(12)3/h4-7,10H,8-9H2,1-3H3,(H,15,17)(H,16,18). The van der Waals surface area contributed by atoms with Gasteiger partial charge in [0.25, 0.3) is 0 Å². The zero-order chi connectivity index (χ0) is 13.5. The average Bonchev–Trinajstić information content (AvgIpc) is 2.34. The van der Waals surface area contributed by atoms with Crippen molar-refractivity contribution in [2.24, 2.45) is 5.92 Å². The Hall–Kier alpha value is -1.84. The summed E-state index contributed by atoms with van der Waals surface area (Å²) < 4.78 is 0. The first kappa shape index (κ1) is 14.2. The Morgan fingerprint density at radius 3 is 2.44 bits per heavy atom. The number of rotatable bonds is 5. The van der Waals surface area contributed by atoms with Gasteiger partial charge in [-0.1, -0.05) is 38.1 Å². The maximum absolute atomic E-state index is 11.5. The maximum Gasteiger partial charge on any atom is 0.239 e. The number of amides is 2. The molecule has 0 aliphatic rings. The fraction of sp³-hybridized carbons (Fsp3) is 0.429. The lowest BCUT2D eigenvalue weighted by Gasteiger charge is -2.09. The summed E-state index contributed by atoms with van der Waals surface area (Å²) >= 11 is 0. The van der Waals surface area contributed by atoms with Crippen LogP contribution in [0.25, 0.3) is 0 Å². The quantitative estimate of drug-likeness (QED) is 0.827. The van der Waals surface area contributed by atoms with E-state index in [0.717, 1.165) is 11.1 Å². The average molecular weight is 248 g/mol. The molecule has 98 valence electrons. The van der Waals surface area contributed by atoms with Crippen molar-refractivity contribution in [3.63, 3.8) is 0 Å². The molecule has 0 bridgehead atoms. The van der Waals surface area contributed by atoms with Crippen molar-refractivity contribution >= 4 is 11.8 Å². The smallest absolute Gasteiger partial charge is 0.239 e. The summed E-state index contributed by atoms with van der Waals surface area (Å²) in [6, 6.07) is 7.88. The van der Waals surface area contributed by atoms with Crippen LogP contribution < -0.4 is 10.6 Å². The fourth-order valence-electron chi connectivity index (χ4n) is 1.44. The normalized spacial score (nSPS) is 10.2. The fourth-order valence-corrected chi connectivity index (χ4v) is 1.44. The molecule has 0 radical (unpaired) electrons. The molecule has 0 heterocycles. The van der Waals surface area contributed by atoms with Gasteiger partial charge in [0.15, 0.2) is 0 Å². The lowest BCUT2D eigenvalue weighted by molar-refractivity contribution is -0.127. The first-order valence-corrected chi connectivity index (χ1v) is 6.09. The second-order valence-corrected chi connectivity index (χ2v) is 4.58. The van der Waals surface area contributed by atoms with E-state index in [4.69, 9.17) is 0 Å². The van der Waals surface area contributed by atoms with E-state index in [0.29, 0.717) is 6.54 Å². The molecule has 0 fully saturated rings. The van der Waals surface area contributed by atoms with E-state index in [1.54, 1.807) is 13.8 Å². The summed E-state index contributed by atoms with van der Waals surface area (Å²) in [5, 5.41) is 5.36. The van der Waals surface area contributed by atoms with Crippen LogP contribution >= 0.6 is 0 Å². The van der Waals surface area contributed by atoms with Crippen LogP contribution in [0.4, 0.5) is 0 Å². The highest BCUT2D eigenvalue weighted by Crippen LogP contribution is 2.05. The topological polar surface area (TPSA) is 58.2 Å². The van der Waals surface area contributed by atoms with E-state index in [1.165, 1.54) is 0 Å². The Labute approximate surface area is 108 Å². The van der Waals surface area contributed by atoms with Gasteiger partial charge in [-0.25, -0.2) is 0 Å². The predicted octanol–water partition coefficient (Wildman–Crippen LogP) is 1.38. The van der Waals surface area contributed by atoms with E-state index in [2.05, 4.69) is 10.6 Å². The minimum absolute atomic E-state index is 0.0306.